The van der Waals surface area contributed by atoms with Gasteiger partial charge in [-0.1, -0.05) is 0 Å². The summed E-state index contributed by atoms with van der Waals surface area (Å²) in [6, 6.07) is 4.84. The largest absolute Gasteiger partial charge is 0.463 e. The van der Waals surface area contributed by atoms with Gasteiger partial charge in [-0.15, -0.1) is 0 Å². The van der Waals surface area contributed by atoms with Crippen LogP contribution in [0.5, 0.6) is 0 Å². The number of rotatable bonds is 3. The van der Waals surface area contributed by atoms with Crippen molar-refractivity contribution in [2.45, 2.75) is 19.3 Å². The fourth-order valence-corrected chi connectivity index (χ4v) is 1.61. The van der Waals surface area contributed by atoms with Crippen LogP contribution in [0.15, 0.2) is 39.7 Å². The van der Waals surface area contributed by atoms with Gasteiger partial charge in [0, 0.05) is 12.3 Å². The minimum atomic E-state index is -4.49. The van der Waals surface area contributed by atoms with Crippen LogP contribution >= 0.6 is 0 Å². The fourth-order valence-electron chi connectivity index (χ4n) is 1.61. The van der Waals surface area contributed by atoms with E-state index in [0.717, 1.165) is 22.9 Å². The van der Waals surface area contributed by atoms with Gasteiger partial charge in [-0.3, -0.25) is 4.79 Å². The zero-order valence-electron chi connectivity index (χ0n) is 9.78. The Morgan fingerprint density at radius 3 is 2.42 bits per heavy atom. The molecular formula is C12H11F3N2O2. The molecule has 0 unspecified atom stereocenters. The molecule has 0 amide bonds. The van der Waals surface area contributed by atoms with Crippen molar-refractivity contribution in [2.75, 3.05) is 0 Å². The molecule has 0 saturated carbocycles. The SMILES string of the molecule is NCc1ccc(Cn2cc(C(F)(F)F)ccc2=O)o1. The number of hydrogen-bond acceptors (Lipinski definition) is 3. The van der Waals surface area contributed by atoms with Crippen molar-refractivity contribution in [3.63, 3.8) is 0 Å². The zero-order chi connectivity index (χ0) is 14.0. The summed E-state index contributed by atoms with van der Waals surface area (Å²) in [4.78, 5) is 11.5. The Bertz CT molecular complexity index is 628. The van der Waals surface area contributed by atoms with E-state index in [1.54, 1.807) is 12.1 Å². The quantitative estimate of drug-likeness (QED) is 0.929. The van der Waals surface area contributed by atoms with Crippen LogP contribution in [0, 0.1) is 0 Å². The maximum absolute atomic E-state index is 12.5. The second kappa shape index (κ2) is 4.93. The van der Waals surface area contributed by atoms with E-state index < -0.39 is 17.3 Å². The third-order valence-electron chi connectivity index (χ3n) is 2.56. The Morgan fingerprint density at radius 1 is 1.16 bits per heavy atom. The van der Waals surface area contributed by atoms with E-state index in [2.05, 4.69) is 0 Å². The Kier molecular flexibility index (Phi) is 3.48. The molecule has 7 heteroatoms. The average Bonchev–Trinajstić information content (AvgIpc) is 2.78. The molecule has 0 aliphatic carbocycles. The summed E-state index contributed by atoms with van der Waals surface area (Å²) in [5, 5.41) is 0. The van der Waals surface area contributed by atoms with E-state index in [9.17, 15) is 18.0 Å². The molecular weight excluding hydrogens is 261 g/mol. The Morgan fingerprint density at radius 2 is 1.84 bits per heavy atom. The van der Waals surface area contributed by atoms with Gasteiger partial charge in [-0.2, -0.15) is 13.2 Å². The third-order valence-corrected chi connectivity index (χ3v) is 2.56. The molecule has 0 fully saturated rings. The summed E-state index contributed by atoms with van der Waals surface area (Å²) >= 11 is 0. The van der Waals surface area contributed by atoms with Crippen LogP contribution in [0.3, 0.4) is 0 Å². The molecule has 2 rings (SSSR count). The first kappa shape index (κ1) is 13.4. The number of alkyl halides is 3. The normalized spacial score (nSPS) is 11.8. The molecule has 2 N–H and O–H groups in total. The molecule has 0 atom stereocenters. The smallest absolute Gasteiger partial charge is 0.417 e. The van der Waals surface area contributed by atoms with Crippen LogP contribution in [0.25, 0.3) is 0 Å². The first-order valence-corrected chi connectivity index (χ1v) is 5.45. The van der Waals surface area contributed by atoms with Crippen LogP contribution in [0.2, 0.25) is 0 Å². The molecule has 2 aromatic heterocycles. The lowest BCUT2D eigenvalue weighted by molar-refractivity contribution is -0.138. The van der Waals surface area contributed by atoms with Gasteiger partial charge in [0.2, 0.25) is 0 Å². The highest BCUT2D eigenvalue weighted by Gasteiger charge is 2.31. The van der Waals surface area contributed by atoms with E-state index in [1.165, 1.54) is 0 Å². The van der Waals surface area contributed by atoms with Gasteiger partial charge >= 0.3 is 6.18 Å². The van der Waals surface area contributed by atoms with Crippen molar-refractivity contribution >= 4 is 0 Å². The molecule has 0 spiro atoms. The molecule has 0 radical (unpaired) electrons. The van der Waals surface area contributed by atoms with Gasteiger partial charge in [0.1, 0.15) is 11.5 Å². The number of furan rings is 1. The molecule has 2 heterocycles. The molecule has 2 aromatic rings. The number of nitrogens with two attached hydrogens (primary N) is 1. The number of hydrogen-bond donors (Lipinski definition) is 1. The zero-order valence-corrected chi connectivity index (χ0v) is 9.78. The van der Waals surface area contributed by atoms with Gasteiger partial charge in [0.25, 0.3) is 5.56 Å². The number of nitrogens with zero attached hydrogens (tertiary/aromatic N) is 1. The molecule has 0 aliphatic heterocycles. The molecule has 102 valence electrons. The van der Waals surface area contributed by atoms with E-state index in [1.807, 2.05) is 0 Å². The minimum absolute atomic E-state index is 0.0667. The van der Waals surface area contributed by atoms with Crippen LogP contribution in [0.4, 0.5) is 13.2 Å². The van der Waals surface area contributed by atoms with Crippen LogP contribution < -0.4 is 11.3 Å². The topological polar surface area (TPSA) is 61.2 Å². The molecule has 19 heavy (non-hydrogen) atoms. The third kappa shape index (κ3) is 3.05. The maximum atomic E-state index is 12.5. The van der Waals surface area contributed by atoms with Crippen LogP contribution in [0.1, 0.15) is 17.1 Å². The first-order valence-electron chi connectivity index (χ1n) is 5.45. The fraction of sp³-hybridized carbons (Fsp3) is 0.250. The highest BCUT2D eigenvalue weighted by molar-refractivity contribution is 5.15. The van der Waals surface area contributed by atoms with Gasteiger partial charge in [-0.25, -0.2) is 0 Å². The summed E-state index contributed by atoms with van der Waals surface area (Å²) in [5.74, 6) is 0.886. The van der Waals surface area contributed by atoms with Crippen molar-refractivity contribution in [1.82, 2.24) is 4.57 Å². The average molecular weight is 272 g/mol. The Hall–Kier alpha value is -2.02. The van der Waals surface area contributed by atoms with Crippen molar-refractivity contribution in [3.05, 3.63) is 57.9 Å². The summed E-state index contributed by atoms with van der Waals surface area (Å²) in [7, 11) is 0. The maximum Gasteiger partial charge on any atom is 0.417 e. The van der Waals surface area contributed by atoms with Gasteiger partial charge in [0.05, 0.1) is 18.7 Å². The predicted octanol–water partition coefficient (Wildman–Crippen LogP) is 1.97. The lowest BCUT2D eigenvalue weighted by Gasteiger charge is -2.09. The van der Waals surface area contributed by atoms with Gasteiger partial charge < -0.3 is 14.7 Å². The standard InChI is InChI=1S/C12H11F3N2O2/c13-12(14,15)8-1-4-11(18)17(6-8)7-10-3-2-9(5-16)19-10/h1-4,6H,5,7,16H2. The summed E-state index contributed by atoms with van der Waals surface area (Å²) in [5.41, 5.74) is 3.95. The lowest BCUT2D eigenvalue weighted by atomic mass is 10.2. The number of pyridine rings is 1. The Balaban J connectivity index is 2.31. The number of aromatic nitrogens is 1. The Labute approximate surface area is 106 Å². The molecule has 0 saturated heterocycles. The van der Waals surface area contributed by atoms with Crippen LogP contribution in [-0.2, 0) is 19.3 Å². The monoisotopic (exact) mass is 272 g/mol. The molecule has 0 aromatic carbocycles. The summed E-state index contributed by atoms with van der Waals surface area (Å²) in [6.45, 7) is 0.125. The second-order valence-electron chi connectivity index (χ2n) is 3.95. The summed E-state index contributed by atoms with van der Waals surface area (Å²) < 4.78 is 43.8. The second-order valence-corrected chi connectivity index (χ2v) is 3.95. The van der Waals surface area contributed by atoms with Crippen molar-refractivity contribution in [1.29, 1.82) is 0 Å². The molecule has 0 aliphatic rings. The minimum Gasteiger partial charge on any atom is -0.463 e. The van der Waals surface area contributed by atoms with Crippen molar-refractivity contribution < 1.29 is 17.6 Å². The number of halogens is 3. The summed E-state index contributed by atoms with van der Waals surface area (Å²) in [6.07, 6.45) is -3.71. The van der Waals surface area contributed by atoms with E-state index in [-0.39, 0.29) is 13.1 Å². The first-order chi connectivity index (χ1) is 8.90. The van der Waals surface area contributed by atoms with E-state index in [0.29, 0.717) is 11.5 Å². The molecule has 4 nitrogen and oxygen atoms in total. The van der Waals surface area contributed by atoms with E-state index >= 15 is 0 Å². The lowest BCUT2D eigenvalue weighted by Crippen LogP contribution is -2.21. The highest BCUT2D eigenvalue weighted by Crippen LogP contribution is 2.28. The van der Waals surface area contributed by atoms with E-state index in [4.69, 9.17) is 10.2 Å². The van der Waals surface area contributed by atoms with Gasteiger partial charge in [-0.05, 0) is 18.2 Å². The molecule has 0 bridgehead atoms. The van der Waals surface area contributed by atoms with Crippen molar-refractivity contribution in [2.24, 2.45) is 5.73 Å². The van der Waals surface area contributed by atoms with Crippen LogP contribution in [-0.4, -0.2) is 4.57 Å². The van der Waals surface area contributed by atoms with Crippen molar-refractivity contribution in [3.8, 4) is 0 Å². The predicted molar refractivity (Wildman–Crippen MR) is 61.4 cm³/mol. The highest BCUT2D eigenvalue weighted by atomic mass is 19.4. The van der Waals surface area contributed by atoms with Gasteiger partial charge in [0.15, 0.2) is 0 Å².